The Hall–Kier alpha value is -2.90. The van der Waals surface area contributed by atoms with E-state index in [9.17, 15) is 19.2 Å². The van der Waals surface area contributed by atoms with Crippen LogP contribution in [-0.4, -0.2) is 48.3 Å². The van der Waals surface area contributed by atoms with Gasteiger partial charge >= 0.3 is 6.03 Å². The Kier molecular flexibility index (Phi) is 3.05. The summed E-state index contributed by atoms with van der Waals surface area (Å²) in [5.74, 6) is -1.26. The fraction of sp³-hybridized carbons (Fsp3) is 0.231. The van der Waals surface area contributed by atoms with Gasteiger partial charge in [-0.25, -0.2) is 4.79 Å². The molecule has 1 fully saturated rings. The first-order chi connectivity index (χ1) is 10.1. The minimum atomic E-state index is -0.594. The second-order valence-corrected chi connectivity index (χ2v) is 4.68. The van der Waals surface area contributed by atoms with Gasteiger partial charge in [-0.05, 0) is 12.1 Å². The van der Waals surface area contributed by atoms with Crippen LogP contribution in [0.25, 0.3) is 0 Å². The predicted octanol–water partition coefficient (Wildman–Crippen LogP) is -0.477. The van der Waals surface area contributed by atoms with Crippen LogP contribution in [0, 0.1) is 0 Å². The summed E-state index contributed by atoms with van der Waals surface area (Å²) in [5.41, 5.74) is 1.08. The van der Waals surface area contributed by atoms with Crippen molar-refractivity contribution in [2.45, 2.75) is 0 Å². The van der Waals surface area contributed by atoms with E-state index in [1.54, 1.807) is 24.3 Å². The smallest absolute Gasteiger partial charge is 0.325 e. The van der Waals surface area contributed by atoms with E-state index in [0.29, 0.717) is 11.4 Å². The van der Waals surface area contributed by atoms with Crippen molar-refractivity contribution in [2.75, 3.05) is 29.9 Å². The monoisotopic (exact) mass is 288 g/mol. The molecule has 5 amide bonds. The number of rotatable bonds is 2. The van der Waals surface area contributed by atoms with Gasteiger partial charge < -0.3 is 10.6 Å². The first-order valence-corrected chi connectivity index (χ1v) is 6.33. The maximum atomic E-state index is 12.3. The quantitative estimate of drug-likeness (QED) is 0.718. The molecule has 1 aromatic rings. The summed E-state index contributed by atoms with van der Waals surface area (Å²) >= 11 is 0. The largest absolute Gasteiger partial charge is 0.329 e. The lowest BCUT2D eigenvalue weighted by Gasteiger charge is -2.29. The third-order valence-electron chi connectivity index (χ3n) is 3.30. The van der Waals surface area contributed by atoms with Crippen molar-refractivity contribution in [3.05, 3.63) is 24.3 Å². The van der Waals surface area contributed by atoms with Gasteiger partial charge in [0.1, 0.15) is 13.1 Å². The number of hydrogen-bond donors (Lipinski definition) is 2. The Morgan fingerprint density at radius 1 is 1.19 bits per heavy atom. The van der Waals surface area contributed by atoms with Gasteiger partial charge in [-0.2, -0.15) is 0 Å². The van der Waals surface area contributed by atoms with Crippen molar-refractivity contribution in [3.8, 4) is 0 Å². The van der Waals surface area contributed by atoms with Crippen molar-refractivity contribution in [2.24, 2.45) is 0 Å². The normalized spacial score (nSPS) is 17.4. The SMILES string of the molecule is O=C1CN(C(=O)CN2C(=O)CNC2=O)c2ccccc2N1. The summed E-state index contributed by atoms with van der Waals surface area (Å²) in [5, 5.41) is 5.01. The molecule has 21 heavy (non-hydrogen) atoms. The molecule has 0 aliphatic carbocycles. The number of hydrogen-bond acceptors (Lipinski definition) is 4. The number of amides is 5. The van der Waals surface area contributed by atoms with Gasteiger partial charge in [0.15, 0.2) is 0 Å². The molecule has 2 heterocycles. The molecule has 0 spiro atoms. The topological polar surface area (TPSA) is 98.8 Å². The highest BCUT2D eigenvalue weighted by molar-refractivity contribution is 6.12. The molecule has 3 rings (SSSR count). The van der Waals surface area contributed by atoms with E-state index < -0.39 is 17.8 Å². The molecule has 1 aromatic carbocycles. The fourth-order valence-corrected chi connectivity index (χ4v) is 2.29. The van der Waals surface area contributed by atoms with Crippen LogP contribution in [0.15, 0.2) is 24.3 Å². The van der Waals surface area contributed by atoms with Crippen molar-refractivity contribution in [1.82, 2.24) is 10.2 Å². The number of imide groups is 1. The van der Waals surface area contributed by atoms with Gasteiger partial charge in [-0.15, -0.1) is 0 Å². The zero-order chi connectivity index (χ0) is 15.0. The number of benzene rings is 1. The van der Waals surface area contributed by atoms with Crippen molar-refractivity contribution in [1.29, 1.82) is 0 Å². The van der Waals surface area contributed by atoms with Crippen LogP contribution in [-0.2, 0) is 14.4 Å². The summed E-state index contributed by atoms with van der Waals surface area (Å²) in [4.78, 5) is 49.0. The number of nitrogens with zero attached hydrogens (tertiary/aromatic N) is 2. The highest BCUT2D eigenvalue weighted by atomic mass is 16.2. The second-order valence-electron chi connectivity index (χ2n) is 4.68. The standard InChI is InChI=1S/C13H12N4O4/c18-10-6-16(9-4-2-1-3-8(9)15-10)12(20)7-17-11(19)5-14-13(17)21/h1-4H,5-7H2,(H,14,21)(H,15,18). The Balaban J connectivity index is 1.83. The van der Waals surface area contributed by atoms with Gasteiger partial charge in [0.2, 0.25) is 11.8 Å². The van der Waals surface area contributed by atoms with E-state index in [1.807, 2.05) is 0 Å². The Bertz CT molecular complexity index is 641. The minimum absolute atomic E-state index is 0.108. The molecule has 0 aromatic heterocycles. The summed E-state index contributed by atoms with van der Waals surface area (Å²) in [6.45, 7) is -0.630. The molecule has 108 valence electrons. The number of nitrogens with one attached hydrogen (secondary N) is 2. The molecule has 2 N–H and O–H groups in total. The Morgan fingerprint density at radius 3 is 2.67 bits per heavy atom. The number of urea groups is 1. The number of para-hydroxylation sites is 2. The first kappa shape index (κ1) is 13.1. The van der Waals surface area contributed by atoms with Crippen molar-refractivity contribution >= 4 is 35.1 Å². The zero-order valence-corrected chi connectivity index (χ0v) is 11.0. The molecule has 0 bridgehead atoms. The lowest BCUT2D eigenvalue weighted by atomic mass is 10.2. The van der Waals surface area contributed by atoms with Crippen molar-refractivity contribution < 1.29 is 19.2 Å². The van der Waals surface area contributed by atoms with E-state index in [2.05, 4.69) is 10.6 Å². The van der Waals surface area contributed by atoms with Gasteiger partial charge in [0.25, 0.3) is 5.91 Å². The fourth-order valence-electron chi connectivity index (χ4n) is 2.29. The molecule has 0 atom stereocenters. The summed E-state index contributed by atoms with van der Waals surface area (Å²) in [6, 6.07) is 6.26. The number of fused-ring (bicyclic) bond motifs is 1. The van der Waals surface area contributed by atoms with E-state index in [1.165, 1.54) is 4.90 Å². The average molecular weight is 288 g/mol. The van der Waals surface area contributed by atoms with Gasteiger partial charge in [0.05, 0.1) is 17.9 Å². The summed E-state index contributed by atoms with van der Waals surface area (Å²) in [6.07, 6.45) is 0. The maximum absolute atomic E-state index is 12.3. The van der Waals surface area contributed by atoms with Crippen LogP contribution in [0.3, 0.4) is 0 Å². The molecular weight excluding hydrogens is 276 g/mol. The average Bonchev–Trinajstić information content (AvgIpc) is 2.78. The minimum Gasteiger partial charge on any atom is -0.329 e. The highest BCUT2D eigenvalue weighted by Crippen LogP contribution is 2.28. The molecule has 1 saturated heterocycles. The molecule has 0 saturated carbocycles. The van der Waals surface area contributed by atoms with Gasteiger partial charge in [-0.1, -0.05) is 12.1 Å². The lowest BCUT2D eigenvalue weighted by molar-refractivity contribution is -0.129. The van der Waals surface area contributed by atoms with Gasteiger partial charge in [0, 0.05) is 0 Å². The van der Waals surface area contributed by atoms with Crippen molar-refractivity contribution in [3.63, 3.8) is 0 Å². The number of carbonyl (C=O) groups excluding carboxylic acids is 4. The second kappa shape index (κ2) is 4.89. The van der Waals surface area contributed by atoms with E-state index in [4.69, 9.17) is 0 Å². The molecule has 8 heteroatoms. The molecule has 0 radical (unpaired) electrons. The number of anilines is 2. The van der Waals surface area contributed by atoms with Crippen LogP contribution in [0.2, 0.25) is 0 Å². The predicted molar refractivity (Wildman–Crippen MR) is 72.5 cm³/mol. The molecule has 8 nitrogen and oxygen atoms in total. The Morgan fingerprint density at radius 2 is 1.95 bits per heavy atom. The van der Waals surface area contributed by atoms with Crippen LogP contribution >= 0.6 is 0 Å². The van der Waals surface area contributed by atoms with Crippen LogP contribution in [0.4, 0.5) is 16.2 Å². The van der Waals surface area contributed by atoms with E-state index in [-0.39, 0.29) is 25.5 Å². The maximum Gasteiger partial charge on any atom is 0.325 e. The molecule has 0 unspecified atom stereocenters. The number of carbonyl (C=O) groups is 4. The zero-order valence-electron chi connectivity index (χ0n) is 11.0. The van der Waals surface area contributed by atoms with Gasteiger partial charge in [-0.3, -0.25) is 24.2 Å². The summed E-state index contributed by atoms with van der Waals surface area (Å²) < 4.78 is 0. The van der Waals surface area contributed by atoms with Crippen LogP contribution < -0.4 is 15.5 Å². The molecule has 2 aliphatic rings. The summed E-state index contributed by atoms with van der Waals surface area (Å²) in [7, 11) is 0. The third-order valence-corrected chi connectivity index (χ3v) is 3.30. The lowest BCUT2D eigenvalue weighted by Crippen LogP contribution is -2.48. The molecule has 2 aliphatic heterocycles. The van der Waals surface area contributed by atoms with Crippen LogP contribution in [0.1, 0.15) is 0 Å². The van der Waals surface area contributed by atoms with Crippen LogP contribution in [0.5, 0.6) is 0 Å². The third kappa shape index (κ3) is 2.31. The first-order valence-electron chi connectivity index (χ1n) is 6.33. The van der Waals surface area contributed by atoms with E-state index in [0.717, 1.165) is 4.90 Å². The van der Waals surface area contributed by atoms with E-state index >= 15 is 0 Å². The molecular formula is C13H12N4O4. The highest BCUT2D eigenvalue weighted by Gasteiger charge is 2.34. The Labute approximate surface area is 119 Å².